The van der Waals surface area contributed by atoms with Crippen molar-refractivity contribution in [3.63, 3.8) is 0 Å². The first-order valence-corrected chi connectivity index (χ1v) is 10.4. The Kier molecular flexibility index (Phi) is 8.55. The van der Waals surface area contributed by atoms with Crippen LogP contribution >= 0.6 is 23.2 Å². The monoisotopic (exact) mass is 437 g/mol. The van der Waals surface area contributed by atoms with E-state index in [4.69, 9.17) is 32.7 Å². The zero-order valence-corrected chi connectivity index (χ0v) is 17.7. The molecule has 6 nitrogen and oxygen atoms in total. The molecule has 0 spiro atoms. The summed E-state index contributed by atoms with van der Waals surface area (Å²) >= 11 is 12.1. The number of hydrogen-bond donors (Lipinski definition) is 0. The fourth-order valence-corrected chi connectivity index (χ4v) is 3.46. The summed E-state index contributed by atoms with van der Waals surface area (Å²) in [7, 11) is 0. The van der Waals surface area contributed by atoms with E-state index >= 15 is 0 Å². The average Bonchev–Trinajstić information content (AvgIpc) is 2.75. The van der Waals surface area contributed by atoms with Gasteiger partial charge in [0.15, 0.2) is 6.61 Å². The molecule has 8 heteroatoms. The zero-order chi connectivity index (χ0) is 20.5. The summed E-state index contributed by atoms with van der Waals surface area (Å²) in [6.45, 7) is 5.42. The topological polar surface area (TPSA) is 54.9 Å². The minimum absolute atomic E-state index is 0.0945. The fourth-order valence-electron chi connectivity index (χ4n) is 3.13. The second-order valence-corrected chi connectivity index (χ2v) is 7.69. The van der Waals surface area contributed by atoms with Gasteiger partial charge in [0, 0.05) is 56.2 Å². The van der Waals surface area contributed by atoms with Crippen LogP contribution in [0.15, 0.2) is 42.7 Å². The lowest BCUT2D eigenvalue weighted by molar-refractivity contribution is -0.134. The van der Waals surface area contributed by atoms with E-state index in [1.165, 1.54) is 0 Å². The first kappa shape index (κ1) is 21.8. The van der Waals surface area contributed by atoms with Gasteiger partial charge >= 0.3 is 0 Å². The quantitative estimate of drug-likeness (QED) is 0.600. The number of carbonyl (C=O) groups excluding carboxylic acids is 1. The number of carbonyl (C=O) groups is 1. The molecule has 1 fully saturated rings. The number of nitrogens with zero attached hydrogens (tertiary/aromatic N) is 3. The first-order chi connectivity index (χ1) is 14.1. The molecule has 1 aliphatic rings. The lowest BCUT2D eigenvalue weighted by Gasteiger charge is -2.28. The second kappa shape index (κ2) is 11.4. The molecule has 1 aromatic heterocycles. The summed E-state index contributed by atoms with van der Waals surface area (Å²) in [5.74, 6) is 0.310. The van der Waals surface area contributed by atoms with Crippen LogP contribution in [0.25, 0.3) is 0 Å². The molecule has 1 aromatic carbocycles. The van der Waals surface area contributed by atoms with Crippen molar-refractivity contribution in [2.45, 2.75) is 13.0 Å². The molecule has 2 heterocycles. The normalized spacial score (nSPS) is 14.6. The van der Waals surface area contributed by atoms with Gasteiger partial charge in [-0.1, -0.05) is 23.2 Å². The lowest BCUT2D eigenvalue weighted by atomic mass is 10.2. The molecule has 2 aromatic rings. The number of rotatable bonds is 9. The Bertz CT molecular complexity index is 786. The van der Waals surface area contributed by atoms with Gasteiger partial charge in [0.2, 0.25) is 0 Å². The van der Waals surface area contributed by atoms with E-state index in [1.807, 2.05) is 17.0 Å². The molecular weight excluding hydrogens is 413 g/mol. The molecule has 0 unspecified atom stereocenters. The molecule has 0 aliphatic carbocycles. The van der Waals surface area contributed by atoms with Crippen LogP contribution in [-0.4, -0.2) is 66.7 Å². The predicted octanol–water partition coefficient (Wildman–Crippen LogP) is 3.52. The highest BCUT2D eigenvalue weighted by atomic mass is 35.5. The molecule has 0 bridgehead atoms. The van der Waals surface area contributed by atoms with Crippen molar-refractivity contribution in [1.29, 1.82) is 0 Å². The predicted molar refractivity (Wildman–Crippen MR) is 113 cm³/mol. The highest BCUT2D eigenvalue weighted by molar-refractivity contribution is 6.34. The molecule has 0 saturated carbocycles. The third-order valence-electron chi connectivity index (χ3n) is 4.73. The highest BCUT2D eigenvalue weighted by Gasteiger charge is 2.17. The Labute approximate surface area is 181 Å². The minimum atomic E-state index is -0.0974. The Morgan fingerprint density at radius 3 is 2.69 bits per heavy atom. The van der Waals surface area contributed by atoms with Gasteiger partial charge in [-0.2, -0.15) is 0 Å². The molecular formula is C21H25Cl2N3O3. The van der Waals surface area contributed by atoms with Crippen molar-refractivity contribution in [1.82, 2.24) is 14.8 Å². The van der Waals surface area contributed by atoms with E-state index < -0.39 is 0 Å². The largest absolute Gasteiger partial charge is 0.482 e. The van der Waals surface area contributed by atoms with Gasteiger partial charge in [0.05, 0.1) is 18.2 Å². The maximum atomic E-state index is 12.9. The van der Waals surface area contributed by atoms with Gasteiger partial charge in [-0.25, -0.2) is 0 Å². The van der Waals surface area contributed by atoms with Crippen LogP contribution in [0.1, 0.15) is 12.0 Å². The summed E-state index contributed by atoms with van der Waals surface area (Å²) < 4.78 is 11.0. The Morgan fingerprint density at radius 2 is 1.93 bits per heavy atom. The van der Waals surface area contributed by atoms with Crippen LogP contribution in [0, 0.1) is 0 Å². The number of aromatic nitrogens is 1. The zero-order valence-electron chi connectivity index (χ0n) is 16.2. The number of amides is 1. The van der Waals surface area contributed by atoms with E-state index in [0.717, 1.165) is 44.8 Å². The van der Waals surface area contributed by atoms with Crippen molar-refractivity contribution in [3.05, 3.63) is 58.3 Å². The molecule has 1 amide bonds. The summed E-state index contributed by atoms with van der Waals surface area (Å²) in [4.78, 5) is 21.1. The van der Waals surface area contributed by atoms with Crippen LogP contribution in [-0.2, 0) is 16.1 Å². The van der Waals surface area contributed by atoms with Crippen molar-refractivity contribution in [2.24, 2.45) is 0 Å². The summed E-state index contributed by atoms with van der Waals surface area (Å²) in [5.41, 5.74) is 1.03. The maximum absolute atomic E-state index is 12.9. The molecule has 1 aliphatic heterocycles. The van der Waals surface area contributed by atoms with E-state index in [9.17, 15) is 4.79 Å². The van der Waals surface area contributed by atoms with Crippen LogP contribution < -0.4 is 4.74 Å². The number of morpholine rings is 1. The van der Waals surface area contributed by atoms with Gasteiger partial charge in [0.1, 0.15) is 5.75 Å². The molecule has 0 atom stereocenters. The van der Waals surface area contributed by atoms with Gasteiger partial charge < -0.3 is 14.4 Å². The summed E-state index contributed by atoms with van der Waals surface area (Å²) in [6, 6.07) is 8.78. The van der Waals surface area contributed by atoms with Crippen molar-refractivity contribution < 1.29 is 14.3 Å². The van der Waals surface area contributed by atoms with Crippen LogP contribution in [0.2, 0.25) is 10.0 Å². The third kappa shape index (κ3) is 7.16. The molecule has 1 saturated heterocycles. The number of benzene rings is 1. The molecule has 156 valence electrons. The van der Waals surface area contributed by atoms with Crippen molar-refractivity contribution in [2.75, 3.05) is 46.0 Å². The van der Waals surface area contributed by atoms with E-state index in [1.54, 1.807) is 30.6 Å². The second-order valence-electron chi connectivity index (χ2n) is 6.84. The number of ether oxygens (including phenoxy) is 2. The van der Waals surface area contributed by atoms with Crippen LogP contribution in [0.3, 0.4) is 0 Å². The molecule has 3 rings (SSSR count). The number of hydrogen-bond acceptors (Lipinski definition) is 5. The summed E-state index contributed by atoms with van der Waals surface area (Å²) in [6.07, 6.45) is 4.34. The summed E-state index contributed by atoms with van der Waals surface area (Å²) in [5, 5.41) is 0.936. The van der Waals surface area contributed by atoms with Crippen LogP contribution in [0.5, 0.6) is 5.75 Å². The Morgan fingerprint density at radius 1 is 1.17 bits per heavy atom. The van der Waals surface area contributed by atoms with Crippen LogP contribution in [0.4, 0.5) is 0 Å². The minimum Gasteiger partial charge on any atom is -0.482 e. The smallest absolute Gasteiger partial charge is 0.260 e. The number of pyridine rings is 1. The van der Waals surface area contributed by atoms with E-state index in [-0.39, 0.29) is 12.5 Å². The van der Waals surface area contributed by atoms with Gasteiger partial charge in [0.25, 0.3) is 5.91 Å². The average molecular weight is 438 g/mol. The molecule has 0 N–H and O–H groups in total. The Balaban J connectivity index is 1.58. The molecule has 0 radical (unpaired) electrons. The first-order valence-electron chi connectivity index (χ1n) is 9.66. The Hall–Kier alpha value is -1.86. The van der Waals surface area contributed by atoms with Gasteiger partial charge in [-0.3, -0.25) is 14.7 Å². The lowest BCUT2D eigenvalue weighted by Crippen LogP contribution is -2.40. The fraction of sp³-hybridized carbons (Fsp3) is 0.429. The van der Waals surface area contributed by atoms with Crippen molar-refractivity contribution >= 4 is 29.1 Å². The maximum Gasteiger partial charge on any atom is 0.260 e. The standard InChI is InChI=1S/C21H25Cl2N3O3/c22-18-2-3-19(23)20(14-18)29-16-21(27)26(15-17-4-6-24-7-5-17)9-1-8-25-10-12-28-13-11-25/h2-7,14H,1,8-13,15-16H2. The van der Waals surface area contributed by atoms with E-state index in [2.05, 4.69) is 9.88 Å². The molecule has 29 heavy (non-hydrogen) atoms. The third-order valence-corrected chi connectivity index (χ3v) is 5.27. The van der Waals surface area contributed by atoms with E-state index in [0.29, 0.717) is 28.9 Å². The SMILES string of the molecule is O=C(COc1cc(Cl)ccc1Cl)N(CCCN1CCOCC1)Cc1ccncc1. The van der Waals surface area contributed by atoms with Gasteiger partial charge in [-0.15, -0.1) is 0 Å². The highest BCUT2D eigenvalue weighted by Crippen LogP contribution is 2.27. The van der Waals surface area contributed by atoms with Crippen molar-refractivity contribution in [3.8, 4) is 5.75 Å². The number of halogens is 2. The van der Waals surface area contributed by atoms with Gasteiger partial charge in [-0.05, 0) is 36.2 Å².